The molecule has 3 N–H and O–H groups in total. The van der Waals surface area contributed by atoms with Crippen molar-refractivity contribution in [3.8, 4) is 0 Å². The average Bonchev–Trinajstić information content (AvgIpc) is 3.18. The summed E-state index contributed by atoms with van der Waals surface area (Å²) in [5.41, 5.74) is 5.36. The zero-order valence-corrected chi connectivity index (χ0v) is 37.8. The molecule has 0 aromatic carbocycles. The number of rotatable bonds is 46. The number of esters is 2. The summed E-state index contributed by atoms with van der Waals surface area (Å²) in [6, 6.07) is 0. The van der Waals surface area contributed by atoms with Gasteiger partial charge in [-0.05, 0) is 12.8 Å². The Bertz CT molecular complexity index is 891. The molecule has 10 heteroatoms. The highest BCUT2D eigenvalue weighted by Gasteiger charge is 2.26. The minimum absolute atomic E-state index is 0.0583. The Balaban J connectivity index is 4.02. The van der Waals surface area contributed by atoms with Crippen LogP contribution in [-0.4, -0.2) is 49.3 Å². The van der Waals surface area contributed by atoms with Crippen LogP contribution in [0.4, 0.5) is 0 Å². The molecule has 0 aliphatic carbocycles. The Labute approximate surface area is 346 Å². The maximum absolute atomic E-state index is 12.6. The van der Waals surface area contributed by atoms with Crippen LogP contribution in [0.3, 0.4) is 0 Å². The number of hydrogen-bond donors (Lipinski definition) is 2. The van der Waals surface area contributed by atoms with Crippen molar-refractivity contribution < 1.29 is 37.6 Å². The number of phosphoric ester groups is 1. The second-order valence-electron chi connectivity index (χ2n) is 16.3. The van der Waals surface area contributed by atoms with Crippen LogP contribution in [0.5, 0.6) is 0 Å². The minimum Gasteiger partial charge on any atom is -0.462 e. The molecule has 0 saturated carbocycles. The van der Waals surface area contributed by atoms with Crippen LogP contribution < -0.4 is 5.73 Å². The van der Waals surface area contributed by atoms with E-state index >= 15 is 0 Å². The summed E-state index contributed by atoms with van der Waals surface area (Å²) in [5, 5.41) is 0. The number of phosphoric acid groups is 1. The Kier molecular flexibility index (Phi) is 42.8. The van der Waals surface area contributed by atoms with Gasteiger partial charge < -0.3 is 20.1 Å². The molecule has 0 fully saturated rings. The van der Waals surface area contributed by atoms with E-state index < -0.39 is 26.5 Å². The van der Waals surface area contributed by atoms with Crippen molar-refractivity contribution in [3.05, 3.63) is 0 Å². The molecule has 0 heterocycles. The van der Waals surface area contributed by atoms with Crippen LogP contribution in [0.2, 0.25) is 0 Å². The van der Waals surface area contributed by atoms with Gasteiger partial charge in [0.15, 0.2) is 6.10 Å². The van der Waals surface area contributed by atoms with E-state index in [2.05, 4.69) is 13.8 Å². The lowest BCUT2D eigenvalue weighted by atomic mass is 10.0. The van der Waals surface area contributed by atoms with E-state index in [9.17, 15) is 19.0 Å². The van der Waals surface area contributed by atoms with Crippen LogP contribution in [0, 0.1) is 0 Å². The topological polar surface area (TPSA) is 134 Å². The van der Waals surface area contributed by atoms with Gasteiger partial charge in [-0.15, -0.1) is 0 Å². The van der Waals surface area contributed by atoms with Crippen molar-refractivity contribution in [1.29, 1.82) is 0 Å². The molecular weight excluding hydrogens is 725 g/mol. The number of carbonyl (C=O) groups excluding carboxylic acids is 2. The van der Waals surface area contributed by atoms with E-state index in [1.807, 2.05) is 0 Å². The summed E-state index contributed by atoms with van der Waals surface area (Å²) in [6.07, 6.45) is 44.2. The summed E-state index contributed by atoms with van der Waals surface area (Å²) in [7, 11) is -4.37. The maximum atomic E-state index is 12.6. The van der Waals surface area contributed by atoms with E-state index in [0.29, 0.717) is 6.42 Å². The number of carbonyl (C=O) groups is 2. The first-order valence-corrected chi connectivity index (χ1v) is 25.5. The molecule has 2 atom stereocenters. The van der Waals surface area contributed by atoms with Crippen molar-refractivity contribution in [1.82, 2.24) is 0 Å². The normalized spacial score (nSPS) is 13.1. The third kappa shape index (κ3) is 42.6. The Morgan fingerprint density at radius 2 is 0.768 bits per heavy atom. The first kappa shape index (κ1) is 55.0. The van der Waals surface area contributed by atoms with Gasteiger partial charge >= 0.3 is 19.8 Å². The zero-order valence-electron chi connectivity index (χ0n) is 36.9. The van der Waals surface area contributed by atoms with Crippen molar-refractivity contribution in [2.75, 3.05) is 26.4 Å². The molecule has 0 spiro atoms. The highest BCUT2D eigenvalue weighted by atomic mass is 31.2. The minimum atomic E-state index is -4.37. The van der Waals surface area contributed by atoms with Gasteiger partial charge in [0, 0.05) is 19.4 Å². The lowest BCUT2D eigenvalue weighted by Crippen LogP contribution is -2.29. The first-order valence-electron chi connectivity index (χ1n) is 24.0. The molecule has 0 aliphatic rings. The standard InChI is InChI=1S/C46H92NO8P/c1-3-5-7-9-11-13-15-17-19-20-21-22-23-25-27-29-31-33-35-37-39-46(49)55-44(43-54-56(50,51)53-41-40-47)42-52-45(48)38-36-34-32-30-28-26-24-18-16-14-12-10-8-6-4-2/h44H,3-43,47H2,1-2H3,(H,50,51). The molecule has 56 heavy (non-hydrogen) atoms. The van der Waals surface area contributed by atoms with Gasteiger partial charge in [-0.1, -0.05) is 226 Å². The van der Waals surface area contributed by atoms with Gasteiger partial charge in [0.05, 0.1) is 13.2 Å². The summed E-state index contributed by atoms with van der Waals surface area (Å²) in [5.74, 6) is -0.809. The molecule has 0 aromatic heterocycles. The monoisotopic (exact) mass is 818 g/mol. The van der Waals surface area contributed by atoms with E-state index in [1.165, 1.54) is 186 Å². The summed E-state index contributed by atoms with van der Waals surface area (Å²) >= 11 is 0. The van der Waals surface area contributed by atoms with Crippen LogP contribution >= 0.6 is 7.82 Å². The molecule has 0 bridgehead atoms. The van der Waals surface area contributed by atoms with Crippen LogP contribution in [0.25, 0.3) is 0 Å². The highest BCUT2D eigenvalue weighted by Crippen LogP contribution is 2.43. The summed E-state index contributed by atoms with van der Waals surface area (Å²) < 4.78 is 32.9. The van der Waals surface area contributed by atoms with Gasteiger partial charge in [-0.25, -0.2) is 4.57 Å². The third-order valence-corrected chi connectivity index (χ3v) is 11.7. The lowest BCUT2D eigenvalue weighted by molar-refractivity contribution is -0.161. The fraction of sp³-hybridized carbons (Fsp3) is 0.957. The molecular formula is C46H92NO8P. The smallest absolute Gasteiger partial charge is 0.462 e. The number of unbranched alkanes of at least 4 members (excludes halogenated alkanes) is 33. The van der Waals surface area contributed by atoms with Gasteiger partial charge in [0.2, 0.25) is 0 Å². The predicted molar refractivity (Wildman–Crippen MR) is 234 cm³/mol. The molecule has 334 valence electrons. The van der Waals surface area contributed by atoms with Crippen molar-refractivity contribution in [2.45, 2.75) is 258 Å². The molecule has 0 amide bonds. The summed E-state index contributed by atoms with van der Waals surface area (Å²) in [6.45, 7) is 3.79. The Morgan fingerprint density at radius 1 is 0.464 bits per heavy atom. The summed E-state index contributed by atoms with van der Waals surface area (Å²) in [4.78, 5) is 34.9. The van der Waals surface area contributed by atoms with Gasteiger partial charge in [0.25, 0.3) is 0 Å². The molecule has 0 radical (unpaired) electrons. The fourth-order valence-corrected chi connectivity index (χ4v) is 7.93. The van der Waals surface area contributed by atoms with E-state index in [1.54, 1.807) is 0 Å². The molecule has 9 nitrogen and oxygen atoms in total. The van der Waals surface area contributed by atoms with Crippen molar-refractivity contribution in [3.63, 3.8) is 0 Å². The van der Waals surface area contributed by atoms with Crippen LogP contribution in [0.15, 0.2) is 0 Å². The third-order valence-electron chi connectivity index (χ3n) is 10.7. The predicted octanol–water partition coefficient (Wildman–Crippen LogP) is 14.0. The second-order valence-corrected chi connectivity index (χ2v) is 17.8. The Morgan fingerprint density at radius 3 is 1.09 bits per heavy atom. The SMILES string of the molecule is CCCCCCCCCCCCCCCCCCCCCCC(=O)OC(COC(=O)CCCCCCCCCCCCCCCCC)COP(=O)(O)OCCN. The number of ether oxygens (including phenoxy) is 2. The highest BCUT2D eigenvalue weighted by molar-refractivity contribution is 7.47. The van der Waals surface area contributed by atoms with Crippen molar-refractivity contribution in [2.24, 2.45) is 5.73 Å². The largest absolute Gasteiger partial charge is 0.472 e. The maximum Gasteiger partial charge on any atom is 0.472 e. The van der Waals surface area contributed by atoms with Crippen LogP contribution in [-0.2, 0) is 32.7 Å². The molecule has 0 aromatic rings. The number of nitrogens with two attached hydrogens (primary N) is 1. The molecule has 2 unspecified atom stereocenters. The van der Waals surface area contributed by atoms with Gasteiger partial charge in [0.1, 0.15) is 6.61 Å². The molecule has 0 aliphatic heterocycles. The lowest BCUT2D eigenvalue weighted by Gasteiger charge is -2.19. The zero-order chi connectivity index (χ0) is 41.1. The van der Waals surface area contributed by atoms with E-state index in [0.717, 1.165) is 32.1 Å². The second kappa shape index (κ2) is 43.6. The quantitative estimate of drug-likeness (QED) is 0.0350. The van der Waals surface area contributed by atoms with Crippen molar-refractivity contribution >= 4 is 19.8 Å². The molecule has 0 rings (SSSR count). The van der Waals surface area contributed by atoms with Crippen LogP contribution in [0.1, 0.15) is 251 Å². The molecule has 0 saturated heterocycles. The average molecular weight is 818 g/mol. The van der Waals surface area contributed by atoms with Gasteiger partial charge in [-0.3, -0.25) is 18.6 Å². The first-order chi connectivity index (χ1) is 27.3. The number of hydrogen-bond acceptors (Lipinski definition) is 8. The van der Waals surface area contributed by atoms with E-state index in [-0.39, 0.29) is 38.6 Å². The van der Waals surface area contributed by atoms with E-state index in [4.69, 9.17) is 24.3 Å². The Hall–Kier alpha value is -0.990. The fourth-order valence-electron chi connectivity index (χ4n) is 7.17. The van der Waals surface area contributed by atoms with Gasteiger partial charge in [-0.2, -0.15) is 0 Å².